The summed E-state index contributed by atoms with van der Waals surface area (Å²) in [6, 6.07) is 13.5. The summed E-state index contributed by atoms with van der Waals surface area (Å²) in [5, 5.41) is 31.1. The van der Waals surface area contributed by atoms with E-state index in [-0.39, 0.29) is 27.6 Å². The standard InChI is InChI=1S/C27H27NO5/c1-14(2)16-8-11-18-20(12-16)28(22-19(23(18)30)13-21(29)24(31)25(22)32)26(33)15-6-9-17(10-7-15)27(3,4)5/h6-14,29,31-32H,1-5H3. The quantitative estimate of drug-likeness (QED) is 0.284. The Balaban J connectivity index is 2.12. The average Bonchev–Trinajstić information content (AvgIpc) is 2.77. The molecule has 0 radical (unpaired) electrons. The Kier molecular flexibility index (Phi) is 5.20. The van der Waals surface area contributed by atoms with Gasteiger partial charge in [0.2, 0.25) is 5.75 Å². The maximum atomic E-state index is 13.8. The average molecular weight is 446 g/mol. The Labute approximate surface area is 191 Å². The molecule has 0 aliphatic heterocycles. The molecular weight excluding hydrogens is 418 g/mol. The van der Waals surface area contributed by atoms with E-state index in [9.17, 15) is 24.9 Å². The van der Waals surface area contributed by atoms with Crippen LogP contribution in [-0.2, 0) is 5.41 Å². The summed E-state index contributed by atoms with van der Waals surface area (Å²) in [6.07, 6.45) is 0. The van der Waals surface area contributed by atoms with Gasteiger partial charge in [0.25, 0.3) is 5.91 Å². The van der Waals surface area contributed by atoms with Crippen molar-refractivity contribution in [2.24, 2.45) is 0 Å². The van der Waals surface area contributed by atoms with E-state index >= 15 is 0 Å². The third-order valence-electron chi connectivity index (χ3n) is 6.07. The van der Waals surface area contributed by atoms with Crippen LogP contribution >= 0.6 is 0 Å². The molecule has 0 saturated heterocycles. The number of aromatic nitrogens is 1. The molecule has 0 unspecified atom stereocenters. The zero-order chi connectivity index (χ0) is 24.2. The molecule has 6 nitrogen and oxygen atoms in total. The predicted molar refractivity (Wildman–Crippen MR) is 130 cm³/mol. The molecule has 3 N–H and O–H groups in total. The van der Waals surface area contributed by atoms with Crippen LogP contribution in [0.5, 0.6) is 17.2 Å². The maximum absolute atomic E-state index is 13.8. The molecule has 170 valence electrons. The lowest BCUT2D eigenvalue weighted by molar-refractivity contribution is 0.0968. The molecule has 0 bridgehead atoms. The van der Waals surface area contributed by atoms with Crippen molar-refractivity contribution in [1.29, 1.82) is 0 Å². The Hall–Kier alpha value is -3.80. The number of phenols is 3. The monoisotopic (exact) mass is 445 g/mol. The zero-order valence-electron chi connectivity index (χ0n) is 19.3. The molecule has 4 aromatic rings. The Morgan fingerprint density at radius 3 is 2.09 bits per heavy atom. The van der Waals surface area contributed by atoms with Gasteiger partial charge in [0.15, 0.2) is 16.9 Å². The van der Waals surface area contributed by atoms with Gasteiger partial charge in [-0.15, -0.1) is 0 Å². The fourth-order valence-electron chi connectivity index (χ4n) is 4.04. The largest absolute Gasteiger partial charge is 0.504 e. The first-order chi connectivity index (χ1) is 15.4. The third-order valence-corrected chi connectivity index (χ3v) is 6.07. The van der Waals surface area contributed by atoms with Gasteiger partial charge in [-0.05, 0) is 52.8 Å². The van der Waals surface area contributed by atoms with E-state index in [1.807, 2.05) is 32.0 Å². The van der Waals surface area contributed by atoms with Crippen molar-refractivity contribution >= 4 is 27.7 Å². The number of fused-ring (bicyclic) bond motifs is 2. The molecule has 0 amide bonds. The number of carbonyl (C=O) groups excluding carboxylic acids is 1. The van der Waals surface area contributed by atoms with Crippen molar-refractivity contribution < 1.29 is 20.1 Å². The van der Waals surface area contributed by atoms with Gasteiger partial charge < -0.3 is 15.3 Å². The van der Waals surface area contributed by atoms with Crippen LogP contribution in [-0.4, -0.2) is 25.8 Å². The van der Waals surface area contributed by atoms with Crippen LogP contribution in [0.1, 0.15) is 62.0 Å². The molecule has 4 rings (SSSR count). The summed E-state index contributed by atoms with van der Waals surface area (Å²) >= 11 is 0. The van der Waals surface area contributed by atoms with Crippen LogP contribution in [0.2, 0.25) is 0 Å². The summed E-state index contributed by atoms with van der Waals surface area (Å²) in [6.45, 7) is 10.2. The Morgan fingerprint density at radius 1 is 0.879 bits per heavy atom. The van der Waals surface area contributed by atoms with Gasteiger partial charge in [-0.1, -0.05) is 52.8 Å². The molecule has 0 atom stereocenters. The predicted octanol–water partition coefficient (Wildman–Crippen LogP) is 5.38. The highest BCUT2D eigenvalue weighted by molar-refractivity contribution is 6.10. The van der Waals surface area contributed by atoms with Crippen molar-refractivity contribution in [3.63, 3.8) is 0 Å². The molecule has 0 fully saturated rings. The molecule has 1 heterocycles. The van der Waals surface area contributed by atoms with Gasteiger partial charge in [-0.25, -0.2) is 0 Å². The van der Waals surface area contributed by atoms with Gasteiger partial charge >= 0.3 is 0 Å². The maximum Gasteiger partial charge on any atom is 0.263 e. The Bertz CT molecular complexity index is 1470. The smallest absolute Gasteiger partial charge is 0.263 e. The lowest BCUT2D eigenvalue weighted by Gasteiger charge is -2.20. The molecule has 3 aromatic carbocycles. The van der Waals surface area contributed by atoms with E-state index in [4.69, 9.17) is 0 Å². The normalized spacial score (nSPS) is 12.1. The van der Waals surface area contributed by atoms with E-state index < -0.39 is 28.6 Å². The van der Waals surface area contributed by atoms with E-state index in [0.29, 0.717) is 11.1 Å². The van der Waals surface area contributed by atoms with Crippen LogP contribution in [0.3, 0.4) is 0 Å². The van der Waals surface area contributed by atoms with Crippen molar-refractivity contribution in [2.75, 3.05) is 0 Å². The fraction of sp³-hybridized carbons (Fsp3) is 0.259. The lowest BCUT2D eigenvalue weighted by atomic mass is 9.86. The SMILES string of the molecule is CC(C)c1ccc2c(=O)c3cc(O)c(O)c(O)c3n(C(=O)c3ccc(C(C)(C)C)cc3)c2c1. The van der Waals surface area contributed by atoms with Gasteiger partial charge in [0.05, 0.1) is 10.9 Å². The van der Waals surface area contributed by atoms with Crippen molar-refractivity contribution in [3.05, 3.63) is 75.4 Å². The first-order valence-corrected chi connectivity index (χ1v) is 10.8. The van der Waals surface area contributed by atoms with Crippen molar-refractivity contribution in [1.82, 2.24) is 4.57 Å². The van der Waals surface area contributed by atoms with Crippen molar-refractivity contribution in [2.45, 2.75) is 46.0 Å². The molecule has 1 aromatic heterocycles. The molecule has 0 saturated carbocycles. The van der Waals surface area contributed by atoms with E-state index in [0.717, 1.165) is 17.2 Å². The second kappa shape index (κ2) is 7.66. The minimum absolute atomic E-state index is 0.0627. The first kappa shape index (κ1) is 22.4. The minimum atomic E-state index is -0.786. The van der Waals surface area contributed by atoms with Gasteiger partial charge in [-0.3, -0.25) is 14.2 Å². The second-order valence-electron chi connectivity index (χ2n) is 9.72. The van der Waals surface area contributed by atoms with Crippen LogP contribution in [0, 0.1) is 0 Å². The van der Waals surface area contributed by atoms with Crippen LogP contribution < -0.4 is 5.43 Å². The number of pyridine rings is 1. The summed E-state index contributed by atoms with van der Waals surface area (Å²) < 4.78 is 1.25. The fourth-order valence-corrected chi connectivity index (χ4v) is 4.04. The van der Waals surface area contributed by atoms with E-state index in [2.05, 4.69) is 20.8 Å². The number of hydrogen-bond acceptors (Lipinski definition) is 5. The van der Waals surface area contributed by atoms with Gasteiger partial charge in [-0.2, -0.15) is 0 Å². The van der Waals surface area contributed by atoms with Crippen LogP contribution in [0.25, 0.3) is 21.8 Å². The zero-order valence-corrected chi connectivity index (χ0v) is 19.3. The topological polar surface area (TPSA) is 99.8 Å². The number of hydrogen-bond donors (Lipinski definition) is 3. The first-order valence-electron chi connectivity index (χ1n) is 10.8. The van der Waals surface area contributed by atoms with E-state index in [1.54, 1.807) is 24.3 Å². The summed E-state index contributed by atoms with van der Waals surface area (Å²) in [4.78, 5) is 27.0. The molecular formula is C27H27NO5. The number of benzene rings is 3. The highest BCUT2D eigenvalue weighted by Crippen LogP contribution is 2.41. The number of nitrogens with zero attached hydrogens (tertiary/aromatic N) is 1. The Morgan fingerprint density at radius 2 is 1.52 bits per heavy atom. The van der Waals surface area contributed by atoms with Crippen molar-refractivity contribution in [3.8, 4) is 17.2 Å². The number of aromatic hydroxyl groups is 3. The van der Waals surface area contributed by atoms with Gasteiger partial charge in [0, 0.05) is 10.9 Å². The summed E-state index contributed by atoms with van der Waals surface area (Å²) in [7, 11) is 0. The highest BCUT2D eigenvalue weighted by Gasteiger charge is 2.24. The molecule has 0 aliphatic carbocycles. The van der Waals surface area contributed by atoms with Crippen LogP contribution in [0.4, 0.5) is 0 Å². The van der Waals surface area contributed by atoms with Gasteiger partial charge in [0.1, 0.15) is 5.52 Å². The molecule has 6 heteroatoms. The molecule has 0 spiro atoms. The second-order valence-corrected chi connectivity index (χ2v) is 9.72. The third kappa shape index (κ3) is 3.61. The molecule has 0 aliphatic rings. The number of rotatable bonds is 2. The number of carbonyl (C=O) groups is 1. The lowest BCUT2D eigenvalue weighted by Crippen LogP contribution is -2.19. The highest BCUT2D eigenvalue weighted by atomic mass is 16.3. The van der Waals surface area contributed by atoms with Crippen LogP contribution in [0.15, 0.2) is 53.3 Å². The summed E-state index contributed by atoms with van der Waals surface area (Å²) in [5.74, 6) is -2.48. The molecule has 33 heavy (non-hydrogen) atoms. The van der Waals surface area contributed by atoms with E-state index in [1.165, 1.54) is 4.57 Å². The minimum Gasteiger partial charge on any atom is -0.504 e. The summed E-state index contributed by atoms with van der Waals surface area (Å²) in [5.41, 5.74) is 1.96. The number of phenolic OH excluding ortho intramolecular Hbond substituents is 3.